The van der Waals surface area contributed by atoms with Crippen LogP contribution in [0.5, 0.6) is 0 Å². The number of rotatable bonds is 2. The Morgan fingerprint density at radius 3 is 2.70 bits per heavy atom. The van der Waals surface area contributed by atoms with Gasteiger partial charge in [0, 0.05) is 12.6 Å². The van der Waals surface area contributed by atoms with Crippen molar-refractivity contribution in [3.05, 3.63) is 0 Å². The molecule has 108 valence electrons. The zero-order valence-electron chi connectivity index (χ0n) is 10.8. The second kappa shape index (κ2) is 4.69. The van der Waals surface area contributed by atoms with Crippen LogP contribution in [0.25, 0.3) is 0 Å². The molecule has 0 N–H and O–H groups in total. The number of carbonyl (C=O) groups is 2. The highest BCUT2D eigenvalue weighted by Crippen LogP contribution is 2.48. The van der Waals surface area contributed by atoms with Crippen molar-refractivity contribution >= 4 is 11.8 Å². The van der Waals surface area contributed by atoms with Crippen molar-refractivity contribution in [3.63, 3.8) is 0 Å². The molecule has 0 aromatic carbocycles. The number of hydrogen-bond donors (Lipinski definition) is 0. The fraction of sp³-hybridized carbons (Fsp3) is 0.769. The maximum atomic E-state index is 12.7. The summed E-state index contributed by atoms with van der Waals surface area (Å²) in [4.78, 5) is 26.6. The maximum absolute atomic E-state index is 12.7. The number of piperidine rings is 1. The predicted molar refractivity (Wildman–Crippen MR) is 63.5 cm³/mol. The van der Waals surface area contributed by atoms with E-state index < -0.39 is 24.4 Å². The molecule has 0 radical (unpaired) electrons. The molecule has 1 aliphatic carbocycles. The first-order valence-corrected chi connectivity index (χ1v) is 6.85. The lowest BCUT2D eigenvalue weighted by molar-refractivity contribution is -0.151. The summed E-state index contributed by atoms with van der Waals surface area (Å²) >= 11 is 0. The van der Waals surface area contributed by atoms with Crippen LogP contribution in [0.15, 0.2) is 0 Å². The SMILES string of the molecule is N#CC1CCCN1C(=O)[C@@H]1C[C@H]2C[C@H]2N1C(=O)C(F)F. The van der Waals surface area contributed by atoms with Crippen LogP contribution in [0.3, 0.4) is 0 Å². The van der Waals surface area contributed by atoms with Crippen molar-refractivity contribution in [1.82, 2.24) is 9.80 Å². The van der Waals surface area contributed by atoms with Gasteiger partial charge in [-0.2, -0.15) is 14.0 Å². The van der Waals surface area contributed by atoms with Crippen LogP contribution >= 0.6 is 0 Å². The highest BCUT2D eigenvalue weighted by Gasteiger charge is 2.58. The van der Waals surface area contributed by atoms with Gasteiger partial charge in [-0.1, -0.05) is 0 Å². The zero-order chi connectivity index (χ0) is 14.4. The third-order valence-corrected chi connectivity index (χ3v) is 4.52. The van der Waals surface area contributed by atoms with Gasteiger partial charge >= 0.3 is 6.43 Å². The van der Waals surface area contributed by atoms with Gasteiger partial charge in [-0.25, -0.2) is 0 Å². The van der Waals surface area contributed by atoms with Crippen molar-refractivity contribution < 1.29 is 18.4 Å². The summed E-state index contributed by atoms with van der Waals surface area (Å²) in [5.74, 6) is -1.41. The van der Waals surface area contributed by atoms with Gasteiger partial charge in [0.05, 0.1) is 6.07 Å². The van der Waals surface area contributed by atoms with E-state index in [4.69, 9.17) is 5.26 Å². The molecule has 3 aliphatic rings. The van der Waals surface area contributed by atoms with E-state index in [9.17, 15) is 18.4 Å². The smallest absolute Gasteiger partial charge is 0.315 e. The van der Waals surface area contributed by atoms with Crippen molar-refractivity contribution in [3.8, 4) is 6.07 Å². The van der Waals surface area contributed by atoms with Crippen LogP contribution in [0.2, 0.25) is 0 Å². The van der Waals surface area contributed by atoms with Gasteiger partial charge in [-0.3, -0.25) is 9.59 Å². The molecule has 7 heteroatoms. The number of halogens is 2. The van der Waals surface area contributed by atoms with Crippen molar-refractivity contribution in [1.29, 1.82) is 5.26 Å². The van der Waals surface area contributed by atoms with Crippen LogP contribution in [-0.4, -0.2) is 52.7 Å². The number of hydrogen-bond acceptors (Lipinski definition) is 3. The molecule has 4 atom stereocenters. The van der Waals surface area contributed by atoms with E-state index in [1.165, 1.54) is 4.90 Å². The van der Waals surface area contributed by atoms with E-state index >= 15 is 0 Å². The number of alkyl halides is 2. The van der Waals surface area contributed by atoms with Gasteiger partial charge < -0.3 is 9.80 Å². The average molecular weight is 283 g/mol. The van der Waals surface area contributed by atoms with Crippen LogP contribution in [0.4, 0.5) is 8.78 Å². The molecule has 0 bridgehead atoms. The molecular formula is C13H15F2N3O2. The lowest BCUT2D eigenvalue weighted by atomic mass is 10.1. The summed E-state index contributed by atoms with van der Waals surface area (Å²) in [6, 6.07) is 0.580. The minimum atomic E-state index is -3.07. The molecule has 0 spiro atoms. The molecule has 1 saturated carbocycles. The molecule has 0 aromatic rings. The number of carbonyl (C=O) groups excluding carboxylic acids is 2. The number of likely N-dealkylation sites (tertiary alicyclic amines) is 2. The van der Waals surface area contributed by atoms with Gasteiger partial charge in [0.2, 0.25) is 5.91 Å². The first kappa shape index (κ1) is 13.3. The summed E-state index contributed by atoms with van der Waals surface area (Å²) in [6.45, 7) is 0.472. The molecule has 2 heterocycles. The van der Waals surface area contributed by atoms with Crippen LogP contribution in [-0.2, 0) is 9.59 Å². The quantitative estimate of drug-likeness (QED) is 0.751. The van der Waals surface area contributed by atoms with Gasteiger partial charge in [-0.15, -0.1) is 0 Å². The van der Waals surface area contributed by atoms with E-state index in [2.05, 4.69) is 6.07 Å². The standard InChI is InChI=1S/C13H15F2N3O2/c14-11(15)13(20)18-9-4-7(9)5-10(18)12(19)17-3-1-2-8(17)6-16/h7-11H,1-5H2/t7-,8?,9-,10+/m1/s1. The topological polar surface area (TPSA) is 64.4 Å². The molecule has 3 rings (SSSR count). The minimum absolute atomic E-state index is 0.176. The Kier molecular flexibility index (Phi) is 3.11. The fourth-order valence-electron chi connectivity index (χ4n) is 3.46. The minimum Gasteiger partial charge on any atom is -0.325 e. The van der Waals surface area contributed by atoms with Crippen LogP contribution in [0.1, 0.15) is 25.7 Å². The first-order valence-electron chi connectivity index (χ1n) is 6.85. The van der Waals surface area contributed by atoms with E-state index in [-0.39, 0.29) is 17.9 Å². The summed E-state index contributed by atoms with van der Waals surface area (Å²) in [5.41, 5.74) is 0. The predicted octanol–water partition coefficient (Wildman–Crippen LogP) is 0.755. The van der Waals surface area contributed by atoms with Crippen LogP contribution < -0.4 is 0 Å². The van der Waals surface area contributed by atoms with Crippen molar-refractivity contribution in [2.75, 3.05) is 6.54 Å². The second-order valence-electron chi connectivity index (χ2n) is 5.68. The molecule has 0 aromatic heterocycles. The van der Waals surface area contributed by atoms with Gasteiger partial charge in [0.15, 0.2) is 0 Å². The summed E-state index contributed by atoms with van der Waals surface area (Å²) < 4.78 is 25.3. The molecule has 3 fully saturated rings. The Morgan fingerprint density at radius 1 is 1.30 bits per heavy atom. The number of amides is 2. The molecule has 1 unspecified atom stereocenters. The van der Waals surface area contributed by atoms with E-state index in [1.54, 1.807) is 0 Å². The highest BCUT2D eigenvalue weighted by molar-refractivity contribution is 5.90. The number of fused-ring (bicyclic) bond motifs is 1. The molecular weight excluding hydrogens is 268 g/mol. The summed E-state index contributed by atoms with van der Waals surface area (Å²) in [5, 5.41) is 9.01. The normalized spacial score (nSPS) is 35.1. The Morgan fingerprint density at radius 2 is 2.05 bits per heavy atom. The van der Waals surface area contributed by atoms with Gasteiger partial charge in [0.25, 0.3) is 5.91 Å². The highest BCUT2D eigenvalue weighted by atomic mass is 19.3. The molecule has 2 aliphatic heterocycles. The van der Waals surface area contributed by atoms with Crippen molar-refractivity contribution in [2.45, 2.75) is 50.2 Å². The summed E-state index contributed by atoms with van der Waals surface area (Å²) in [6.07, 6.45) is -0.549. The zero-order valence-corrected chi connectivity index (χ0v) is 10.8. The molecule has 2 amide bonds. The van der Waals surface area contributed by atoms with Crippen molar-refractivity contribution in [2.24, 2.45) is 5.92 Å². The third kappa shape index (κ3) is 1.94. The van der Waals surface area contributed by atoms with E-state index in [0.29, 0.717) is 25.8 Å². The monoisotopic (exact) mass is 283 g/mol. The fourth-order valence-corrected chi connectivity index (χ4v) is 3.46. The van der Waals surface area contributed by atoms with Crippen LogP contribution in [0, 0.1) is 17.2 Å². The molecule has 5 nitrogen and oxygen atoms in total. The Hall–Kier alpha value is -1.71. The summed E-state index contributed by atoms with van der Waals surface area (Å²) in [7, 11) is 0. The Bertz CT molecular complexity index is 490. The van der Waals surface area contributed by atoms with Gasteiger partial charge in [0.1, 0.15) is 12.1 Å². The van der Waals surface area contributed by atoms with Gasteiger partial charge in [-0.05, 0) is 31.6 Å². The largest absolute Gasteiger partial charge is 0.325 e. The second-order valence-corrected chi connectivity index (χ2v) is 5.68. The number of nitriles is 1. The lowest BCUT2D eigenvalue weighted by Crippen LogP contribution is -2.51. The Balaban J connectivity index is 1.77. The Labute approximate surface area is 115 Å². The first-order chi connectivity index (χ1) is 9.54. The van der Waals surface area contributed by atoms with E-state index in [1.807, 2.05) is 0 Å². The molecule has 20 heavy (non-hydrogen) atoms. The van der Waals surface area contributed by atoms with E-state index in [0.717, 1.165) is 11.3 Å². The third-order valence-electron chi connectivity index (χ3n) is 4.52. The molecule has 2 saturated heterocycles. The maximum Gasteiger partial charge on any atom is 0.315 e. The average Bonchev–Trinajstić information content (AvgIpc) is 2.90. The lowest BCUT2D eigenvalue weighted by Gasteiger charge is -2.31. The number of nitrogens with zero attached hydrogens (tertiary/aromatic N) is 3.